The van der Waals surface area contributed by atoms with Crippen LogP contribution in [-0.2, 0) is 6.42 Å². The molecule has 1 saturated carbocycles. The SMILES string of the molecule is Cc1cc2cc(C3=C(c4ccc(OC5CCC(CCCCCF)CC5)cc4)c4ccc(O)cc4CCC3)ccc2[nH]1. The van der Waals surface area contributed by atoms with Crippen molar-refractivity contribution in [3.63, 3.8) is 0 Å². The minimum atomic E-state index is -0.183. The first kappa shape index (κ1) is 27.6. The summed E-state index contributed by atoms with van der Waals surface area (Å²) in [5.41, 5.74) is 9.80. The second kappa shape index (κ2) is 12.5. The number of fused-ring (bicyclic) bond motifs is 2. The number of aromatic hydroxyl groups is 1. The summed E-state index contributed by atoms with van der Waals surface area (Å²) < 4.78 is 18.8. The van der Waals surface area contributed by atoms with Gasteiger partial charge in [-0.2, -0.15) is 0 Å². The molecule has 0 radical (unpaired) electrons. The van der Waals surface area contributed by atoms with Gasteiger partial charge in [0.25, 0.3) is 0 Å². The average Bonchev–Trinajstić information content (AvgIpc) is 3.25. The second-order valence-electron chi connectivity index (χ2n) is 12.1. The van der Waals surface area contributed by atoms with Crippen LogP contribution < -0.4 is 4.74 Å². The van der Waals surface area contributed by atoms with Gasteiger partial charge in [-0.3, -0.25) is 4.39 Å². The van der Waals surface area contributed by atoms with Crippen molar-refractivity contribution >= 4 is 22.0 Å². The highest BCUT2D eigenvalue weighted by Crippen LogP contribution is 2.42. The zero-order valence-corrected chi connectivity index (χ0v) is 24.2. The van der Waals surface area contributed by atoms with Gasteiger partial charge in [0.05, 0.1) is 12.8 Å². The molecule has 1 aromatic heterocycles. The van der Waals surface area contributed by atoms with E-state index in [0.29, 0.717) is 12.2 Å². The number of allylic oxidation sites excluding steroid dienone is 1. The van der Waals surface area contributed by atoms with Crippen molar-refractivity contribution in [2.24, 2.45) is 5.92 Å². The van der Waals surface area contributed by atoms with Gasteiger partial charge in [0.2, 0.25) is 0 Å². The summed E-state index contributed by atoms with van der Waals surface area (Å²) in [5, 5.41) is 11.5. The Balaban J connectivity index is 1.25. The van der Waals surface area contributed by atoms with Crippen molar-refractivity contribution in [2.75, 3.05) is 6.67 Å². The molecule has 1 fully saturated rings. The van der Waals surface area contributed by atoms with Gasteiger partial charge in [-0.05, 0) is 140 Å². The number of alkyl halides is 1. The maximum Gasteiger partial charge on any atom is 0.119 e. The highest BCUT2D eigenvalue weighted by molar-refractivity contribution is 6.01. The molecule has 214 valence electrons. The van der Waals surface area contributed by atoms with Crippen LogP contribution in [0.25, 0.3) is 22.0 Å². The quantitative estimate of drug-likeness (QED) is 0.203. The molecule has 2 N–H and O–H groups in total. The highest BCUT2D eigenvalue weighted by atomic mass is 19.1. The Labute approximate surface area is 243 Å². The number of halogens is 1. The smallest absolute Gasteiger partial charge is 0.119 e. The summed E-state index contributed by atoms with van der Waals surface area (Å²) in [6.07, 6.45) is 12.0. The molecule has 6 rings (SSSR count). The molecule has 1 heterocycles. The second-order valence-corrected chi connectivity index (χ2v) is 12.1. The Hall–Kier alpha value is -3.53. The fourth-order valence-corrected chi connectivity index (χ4v) is 6.99. The Morgan fingerprint density at radius 3 is 2.46 bits per heavy atom. The van der Waals surface area contributed by atoms with E-state index in [1.54, 1.807) is 0 Å². The minimum Gasteiger partial charge on any atom is -0.508 e. The summed E-state index contributed by atoms with van der Waals surface area (Å²) >= 11 is 0. The average molecular weight is 552 g/mol. The number of phenols is 1. The third kappa shape index (κ3) is 6.37. The first-order valence-electron chi connectivity index (χ1n) is 15.6. The number of unbranched alkanes of at least 4 members (excludes halogenated alkanes) is 2. The van der Waals surface area contributed by atoms with Gasteiger partial charge in [-0.25, -0.2) is 0 Å². The standard InChI is InChI=1S/C37H42FNO2/c1-25-22-30-23-29(13-20-36(30)39-25)34-8-5-7-28-24-31(40)14-19-35(28)37(34)27-11-17-33(18-12-27)41-32-15-9-26(10-16-32)6-3-2-4-21-38/h11-14,17-20,22-24,26,32,39-40H,2-10,15-16,21H2,1H3. The number of rotatable bonds is 9. The molecule has 0 bridgehead atoms. The highest BCUT2D eigenvalue weighted by Gasteiger charge is 2.23. The van der Waals surface area contributed by atoms with Crippen molar-refractivity contribution < 1.29 is 14.2 Å². The summed E-state index contributed by atoms with van der Waals surface area (Å²) in [6.45, 7) is 1.92. The molecule has 0 unspecified atom stereocenters. The number of aromatic nitrogens is 1. The molecule has 4 aromatic rings. The molecule has 0 atom stereocenters. The lowest BCUT2D eigenvalue weighted by molar-refractivity contribution is 0.127. The topological polar surface area (TPSA) is 45.2 Å². The van der Waals surface area contributed by atoms with Crippen LogP contribution in [0.2, 0.25) is 0 Å². The number of H-pyrrole nitrogens is 1. The lowest BCUT2D eigenvalue weighted by Gasteiger charge is -2.29. The van der Waals surface area contributed by atoms with Crippen LogP contribution in [-0.4, -0.2) is 22.9 Å². The van der Waals surface area contributed by atoms with Crippen LogP contribution in [0.4, 0.5) is 4.39 Å². The molecular formula is C37H42FNO2. The van der Waals surface area contributed by atoms with Crippen LogP contribution >= 0.6 is 0 Å². The molecule has 4 heteroatoms. The van der Waals surface area contributed by atoms with E-state index in [0.717, 1.165) is 56.6 Å². The number of hydrogen-bond donors (Lipinski definition) is 2. The van der Waals surface area contributed by atoms with Gasteiger partial charge in [0.1, 0.15) is 11.5 Å². The van der Waals surface area contributed by atoms with Crippen molar-refractivity contribution in [1.29, 1.82) is 0 Å². The zero-order chi connectivity index (χ0) is 28.2. The van der Waals surface area contributed by atoms with E-state index in [1.807, 2.05) is 12.1 Å². The summed E-state index contributed by atoms with van der Waals surface area (Å²) in [5.74, 6) is 2.03. The van der Waals surface area contributed by atoms with Gasteiger partial charge in [0, 0.05) is 16.6 Å². The van der Waals surface area contributed by atoms with E-state index in [-0.39, 0.29) is 12.8 Å². The molecule has 41 heavy (non-hydrogen) atoms. The van der Waals surface area contributed by atoms with Crippen LogP contribution in [0.5, 0.6) is 11.5 Å². The van der Waals surface area contributed by atoms with E-state index in [4.69, 9.17) is 4.74 Å². The van der Waals surface area contributed by atoms with E-state index in [9.17, 15) is 9.50 Å². The van der Waals surface area contributed by atoms with Gasteiger partial charge in [-0.1, -0.05) is 43.5 Å². The molecule has 0 aliphatic heterocycles. The molecule has 3 aromatic carbocycles. The Kier molecular flexibility index (Phi) is 8.46. The molecule has 0 saturated heterocycles. The molecule has 2 aliphatic carbocycles. The third-order valence-corrected chi connectivity index (χ3v) is 9.12. The number of ether oxygens (including phenoxy) is 1. The summed E-state index contributed by atoms with van der Waals surface area (Å²) in [6, 6.07) is 23.5. The predicted octanol–water partition coefficient (Wildman–Crippen LogP) is 9.94. The number of phenolic OH excluding ortho intramolecular Hbond substituents is 1. The first-order chi connectivity index (χ1) is 20.1. The Morgan fingerprint density at radius 1 is 0.854 bits per heavy atom. The number of benzene rings is 3. The summed E-state index contributed by atoms with van der Waals surface area (Å²) in [7, 11) is 0. The Bertz CT molecular complexity index is 1510. The predicted molar refractivity (Wildman–Crippen MR) is 167 cm³/mol. The van der Waals surface area contributed by atoms with Crippen LogP contribution in [0.3, 0.4) is 0 Å². The molecule has 3 nitrogen and oxygen atoms in total. The number of aromatic amines is 1. The van der Waals surface area contributed by atoms with Crippen molar-refractivity contribution in [2.45, 2.75) is 83.7 Å². The maximum atomic E-state index is 12.4. The van der Waals surface area contributed by atoms with E-state index in [1.165, 1.54) is 69.3 Å². The van der Waals surface area contributed by atoms with E-state index >= 15 is 0 Å². The molecule has 2 aliphatic rings. The van der Waals surface area contributed by atoms with Gasteiger partial charge in [-0.15, -0.1) is 0 Å². The fraction of sp³-hybridized carbons (Fsp3) is 0.405. The summed E-state index contributed by atoms with van der Waals surface area (Å²) in [4.78, 5) is 3.45. The van der Waals surface area contributed by atoms with E-state index in [2.05, 4.69) is 66.5 Å². The third-order valence-electron chi connectivity index (χ3n) is 9.12. The molecule has 0 amide bonds. The van der Waals surface area contributed by atoms with Crippen molar-refractivity contribution in [3.05, 3.63) is 94.7 Å². The first-order valence-corrected chi connectivity index (χ1v) is 15.6. The molecule has 0 spiro atoms. The number of aryl methyl sites for hydroxylation is 2. The van der Waals surface area contributed by atoms with Crippen molar-refractivity contribution in [3.8, 4) is 11.5 Å². The fourth-order valence-electron chi connectivity index (χ4n) is 6.99. The molecular weight excluding hydrogens is 509 g/mol. The maximum absolute atomic E-state index is 12.4. The van der Waals surface area contributed by atoms with Crippen molar-refractivity contribution in [1.82, 2.24) is 4.98 Å². The zero-order valence-electron chi connectivity index (χ0n) is 24.2. The number of hydrogen-bond acceptors (Lipinski definition) is 2. The van der Waals surface area contributed by atoms with Crippen LogP contribution in [0.1, 0.15) is 92.2 Å². The van der Waals surface area contributed by atoms with Gasteiger partial charge in [0.15, 0.2) is 0 Å². The van der Waals surface area contributed by atoms with E-state index < -0.39 is 0 Å². The van der Waals surface area contributed by atoms with Crippen LogP contribution in [0, 0.1) is 12.8 Å². The lowest BCUT2D eigenvalue weighted by Crippen LogP contribution is -2.24. The van der Waals surface area contributed by atoms with Gasteiger partial charge < -0.3 is 14.8 Å². The van der Waals surface area contributed by atoms with Gasteiger partial charge >= 0.3 is 0 Å². The minimum absolute atomic E-state index is 0.183. The number of nitrogens with one attached hydrogen (secondary N) is 1. The monoisotopic (exact) mass is 551 g/mol. The normalized spacial score (nSPS) is 19.3. The largest absolute Gasteiger partial charge is 0.508 e. The lowest BCUT2D eigenvalue weighted by atomic mass is 9.84. The Morgan fingerprint density at radius 2 is 1.66 bits per heavy atom. The van der Waals surface area contributed by atoms with Crippen LogP contribution in [0.15, 0.2) is 66.7 Å².